The molecule has 0 aliphatic carbocycles. The quantitative estimate of drug-likeness (QED) is 0.712. The molecule has 23 heavy (non-hydrogen) atoms. The van der Waals surface area contributed by atoms with Gasteiger partial charge in [0.05, 0.1) is 12.2 Å². The first-order valence-corrected chi connectivity index (χ1v) is 8.95. The number of aryl methyl sites for hydroxylation is 1. The summed E-state index contributed by atoms with van der Waals surface area (Å²) in [6, 6.07) is 8.31. The van der Waals surface area contributed by atoms with Gasteiger partial charge in [0.2, 0.25) is 5.91 Å². The first-order chi connectivity index (χ1) is 11.0. The van der Waals surface area contributed by atoms with Gasteiger partial charge in [-0.05, 0) is 23.6 Å². The third-order valence-electron chi connectivity index (χ3n) is 2.97. The number of fused-ring (bicyclic) bond motifs is 1. The molecule has 10 heteroatoms. The highest BCUT2D eigenvalue weighted by molar-refractivity contribution is 7.91. The molecule has 2 heterocycles. The summed E-state index contributed by atoms with van der Waals surface area (Å²) >= 11 is 1.09. The molecule has 0 aliphatic rings. The lowest BCUT2D eigenvalue weighted by Gasteiger charge is -2.07. The Balaban J connectivity index is 1.70. The number of nitrogens with zero attached hydrogens (tertiary/aromatic N) is 3. The van der Waals surface area contributed by atoms with Crippen LogP contribution >= 0.6 is 11.3 Å². The number of aromatic nitrogens is 3. The molecule has 0 atom stereocenters. The van der Waals surface area contributed by atoms with Gasteiger partial charge in [0.25, 0.3) is 10.0 Å². The average Bonchev–Trinajstić information content (AvgIpc) is 3.14. The smallest absolute Gasteiger partial charge is 0.250 e. The number of rotatable bonds is 5. The molecule has 0 unspecified atom stereocenters. The van der Waals surface area contributed by atoms with Crippen molar-refractivity contribution in [2.75, 3.05) is 11.9 Å². The molecule has 1 aromatic carbocycles. The minimum Gasteiger partial charge on any atom is -0.323 e. The summed E-state index contributed by atoms with van der Waals surface area (Å²) in [6.07, 6.45) is 0. The van der Waals surface area contributed by atoms with Gasteiger partial charge < -0.3 is 5.32 Å². The Labute approximate surface area is 136 Å². The summed E-state index contributed by atoms with van der Waals surface area (Å²) in [5.41, 5.74) is 1.67. The summed E-state index contributed by atoms with van der Waals surface area (Å²) < 4.78 is 26.4. The van der Waals surface area contributed by atoms with E-state index >= 15 is 0 Å². The van der Waals surface area contributed by atoms with E-state index < -0.39 is 15.9 Å². The topological polar surface area (TPSA) is 106 Å². The molecule has 0 spiro atoms. The summed E-state index contributed by atoms with van der Waals surface area (Å²) in [4.78, 5) is 13.4. The van der Waals surface area contributed by atoms with Crippen LogP contribution in [0, 0.1) is 0 Å². The number of hydrogen-bond donors (Lipinski definition) is 2. The minimum absolute atomic E-state index is 0.168. The molecule has 0 saturated carbocycles. The first-order valence-electron chi connectivity index (χ1n) is 6.59. The van der Waals surface area contributed by atoms with Crippen LogP contribution in [0.2, 0.25) is 0 Å². The summed E-state index contributed by atoms with van der Waals surface area (Å²) in [5, 5.41) is 12.6. The molecule has 8 nitrogen and oxygen atoms in total. The van der Waals surface area contributed by atoms with Crippen LogP contribution in [0.5, 0.6) is 0 Å². The molecular weight excluding hydrogens is 338 g/mol. The zero-order valence-electron chi connectivity index (χ0n) is 12.1. The third kappa shape index (κ3) is 3.38. The lowest BCUT2D eigenvalue weighted by atomic mass is 10.2. The van der Waals surface area contributed by atoms with E-state index in [1.165, 1.54) is 10.9 Å². The van der Waals surface area contributed by atoms with E-state index in [9.17, 15) is 13.2 Å². The highest BCUT2D eigenvalue weighted by Crippen LogP contribution is 2.19. The minimum atomic E-state index is -3.67. The van der Waals surface area contributed by atoms with E-state index in [-0.39, 0.29) is 10.8 Å². The maximum Gasteiger partial charge on any atom is 0.250 e. The standard InChI is InChI=1S/C13H13N5O3S2/c1-18-16-10-5-2-4-9(13(10)17-18)15-11(19)8-14-23(20,21)12-6-3-7-22-12/h2-7,14H,8H2,1H3,(H,15,19). The molecule has 120 valence electrons. The lowest BCUT2D eigenvalue weighted by Crippen LogP contribution is -2.32. The van der Waals surface area contributed by atoms with E-state index in [1.54, 1.807) is 36.7 Å². The summed E-state index contributed by atoms with van der Waals surface area (Å²) in [5.74, 6) is -0.483. The van der Waals surface area contributed by atoms with Crippen LogP contribution in [0.25, 0.3) is 11.0 Å². The fraction of sp³-hybridized carbons (Fsp3) is 0.154. The van der Waals surface area contributed by atoms with Gasteiger partial charge in [-0.2, -0.15) is 15.0 Å². The molecular formula is C13H13N5O3S2. The van der Waals surface area contributed by atoms with Crippen molar-refractivity contribution in [3.8, 4) is 0 Å². The maximum absolute atomic E-state index is 12.0. The van der Waals surface area contributed by atoms with Crippen molar-refractivity contribution >= 4 is 44.0 Å². The number of thiophene rings is 1. The zero-order valence-corrected chi connectivity index (χ0v) is 13.7. The van der Waals surface area contributed by atoms with Crippen molar-refractivity contribution in [2.24, 2.45) is 7.05 Å². The Morgan fingerprint density at radius 2 is 2.09 bits per heavy atom. The third-order valence-corrected chi connectivity index (χ3v) is 5.77. The normalized spacial score (nSPS) is 11.7. The highest BCUT2D eigenvalue weighted by Gasteiger charge is 2.17. The monoisotopic (exact) mass is 351 g/mol. The molecule has 1 amide bonds. The largest absolute Gasteiger partial charge is 0.323 e. The van der Waals surface area contributed by atoms with Crippen molar-refractivity contribution < 1.29 is 13.2 Å². The van der Waals surface area contributed by atoms with Crippen LogP contribution in [-0.2, 0) is 21.9 Å². The molecule has 0 bridgehead atoms. The highest BCUT2D eigenvalue weighted by atomic mass is 32.2. The zero-order chi connectivity index (χ0) is 16.4. The Morgan fingerprint density at radius 1 is 1.26 bits per heavy atom. The second-order valence-electron chi connectivity index (χ2n) is 4.67. The Morgan fingerprint density at radius 3 is 2.83 bits per heavy atom. The van der Waals surface area contributed by atoms with Crippen molar-refractivity contribution in [1.29, 1.82) is 0 Å². The SMILES string of the molecule is Cn1nc2cccc(NC(=O)CNS(=O)(=O)c3cccs3)c2n1. The average molecular weight is 351 g/mol. The van der Waals surface area contributed by atoms with Crippen LogP contribution in [0.15, 0.2) is 39.9 Å². The molecule has 0 fully saturated rings. The van der Waals surface area contributed by atoms with Gasteiger partial charge in [-0.3, -0.25) is 4.79 Å². The van der Waals surface area contributed by atoms with E-state index in [4.69, 9.17) is 0 Å². The second-order valence-corrected chi connectivity index (χ2v) is 7.61. The van der Waals surface area contributed by atoms with Crippen molar-refractivity contribution in [3.05, 3.63) is 35.7 Å². The predicted octanol–water partition coefficient (Wildman–Crippen LogP) is 0.947. The van der Waals surface area contributed by atoms with Gasteiger partial charge in [0.1, 0.15) is 15.2 Å². The van der Waals surface area contributed by atoms with Gasteiger partial charge in [0, 0.05) is 7.05 Å². The van der Waals surface area contributed by atoms with Gasteiger partial charge in [-0.25, -0.2) is 13.1 Å². The second kappa shape index (κ2) is 6.07. The van der Waals surface area contributed by atoms with Gasteiger partial charge in [-0.15, -0.1) is 11.3 Å². The van der Waals surface area contributed by atoms with Crippen LogP contribution < -0.4 is 10.0 Å². The van der Waals surface area contributed by atoms with Crippen molar-refractivity contribution in [1.82, 2.24) is 19.7 Å². The number of sulfonamides is 1. The van der Waals surface area contributed by atoms with E-state index in [0.29, 0.717) is 16.7 Å². The Hall–Kier alpha value is -2.30. The molecule has 2 aromatic heterocycles. The molecule has 0 aliphatic heterocycles. The first kappa shape index (κ1) is 15.6. The predicted molar refractivity (Wildman–Crippen MR) is 86.6 cm³/mol. The number of carbonyl (C=O) groups excluding carboxylic acids is 1. The van der Waals surface area contributed by atoms with E-state index in [2.05, 4.69) is 20.2 Å². The lowest BCUT2D eigenvalue weighted by molar-refractivity contribution is -0.115. The fourth-order valence-corrected chi connectivity index (χ4v) is 4.00. The number of amides is 1. The Bertz CT molecular complexity index is 947. The Kier molecular flexibility index (Phi) is 4.11. The molecule has 0 radical (unpaired) electrons. The molecule has 2 N–H and O–H groups in total. The van der Waals surface area contributed by atoms with E-state index in [0.717, 1.165) is 11.3 Å². The number of carbonyl (C=O) groups is 1. The van der Waals surface area contributed by atoms with Gasteiger partial charge >= 0.3 is 0 Å². The number of benzene rings is 1. The summed E-state index contributed by atoms with van der Waals surface area (Å²) in [7, 11) is -1.99. The number of anilines is 1. The van der Waals surface area contributed by atoms with Crippen molar-refractivity contribution in [2.45, 2.75) is 4.21 Å². The number of nitrogens with one attached hydrogen (secondary N) is 2. The molecule has 3 aromatic rings. The number of hydrogen-bond acceptors (Lipinski definition) is 6. The summed E-state index contributed by atoms with van der Waals surface area (Å²) in [6.45, 7) is -0.364. The fourth-order valence-electron chi connectivity index (χ4n) is 1.98. The van der Waals surface area contributed by atoms with Crippen LogP contribution in [0.4, 0.5) is 5.69 Å². The van der Waals surface area contributed by atoms with Crippen LogP contribution in [0.3, 0.4) is 0 Å². The molecule has 3 rings (SSSR count). The maximum atomic E-state index is 12.0. The van der Waals surface area contributed by atoms with Gasteiger partial charge in [0.15, 0.2) is 0 Å². The van der Waals surface area contributed by atoms with Crippen molar-refractivity contribution in [3.63, 3.8) is 0 Å². The molecule has 0 saturated heterocycles. The van der Waals surface area contributed by atoms with Gasteiger partial charge in [-0.1, -0.05) is 12.1 Å². The van der Waals surface area contributed by atoms with Crippen LogP contribution in [0.1, 0.15) is 0 Å². The van der Waals surface area contributed by atoms with Crippen LogP contribution in [-0.4, -0.2) is 35.9 Å². The van der Waals surface area contributed by atoms with E-state index in [1.807, 2.05) is 0 Å².